The molecule has 0 heterocycles. The lowest BCUT2D eigenvalue weighted by atomic mass is 9.86. The number of nitrogens with zero attached hydrogens (tertiary/aromatic N) is 2. The number of carbonyl (C=O) groups is 1. The summed E-state index contributed by atoms with van der Waals surface area (Å²) in [6, 6.07) is 9.04. The first-order valence-corrected chi connectivity index (χ1v) is 11.0. The molecule has 0 atom stereocenters. The van der Waals surface area contributed by atoms with Gasteiger partial charge in [0, 0.05) is 35.4 Å². The number of anilines is 1. The van der Waals surface area contributed by atoms with E-state index in [2.05, 4.69) is 64.2 Å². The summed E-state index contributed by atoms with van der Waals surface area (Å²) in [5, 5.41) is 1.62. The molecule has 0 aliphatic heterocycles. The molecule has 1 amide bonds. The number of amides is 1. The van der Waals surface area contributed by atoms with Crippen molar-refractivity contribution in [2.45, 2.75) is 65.0 Å². The highest BCUT2D eigenvalue weighted by atomic mass is 127. The maximum Gasteiger partial charge on any atom is 0.424 e. The molecule has 0 aromatic heterocycles. The monoisotopic (exact) mass is 487 g/mol. The van der Waals surface area contributed by atoms with Gasteiger partial charge in [-0.15, -0.1) is 0 Å². The van der Waals surface area contributed by atoms with Crippen LogP contribution < -0.4 is 10.3 Å². The third kappa shape index (κ3) is 7.49. The van der Waals surface area contributed by atoms with E-state index in [0.717, 1.165) is 19.4 Å². The number of benzene rings is 1. The predicted molar refractivity (Wildman–Crippen MR) is 120 cm³/mol. The van der Waals surface area contributed by atoms with Gasteiger partial charge in [0.15, 0.2) is 0 Å². The van der Waals surface area contributed by atoms with Crippen LogP contribution in [-0.2, 0) is 4.74 Å². The van der Waals surface area contributed by atoms with Gasteiger partial charge in [-0.25, -0.2) is 15.2 Å². The van der Waals surface area contributed by atoms with E-state index in [1.807, 2.05) is 27.7 Å². The average molecular weight is 487 g/mol. The molecule has 1 fully saturated rings. The fourth-order valence-electron chi connectivity index (χ4n) is 3.47. The maximum absolute atomic E-state index is 12.3. The number of hydrogen-bond acceptors (Lipinski definition) is 4. The molecule has 0 saturated heterocycles. The van der Waals surface area contributed by atoms with Crippen LogP contribution in [0.25, 0.3) is 0 Å². The lowest BCUT2D eigenvalue weighted by Crippen LogP contribution is -2.51. The highest BCUT2D eigenvalue weighted by Gasteiger charge is 2.27. The summed E-state index contributed by atoms with van der Waals surface area (Å²) < 4.78 is 6.75. The zero-order valence-electron chi connectivity index (χ0n) is 17.3. The van der Waals surface area contributed by atoms with E-state index in [-0.39, 0.29) is 6.09 Å². The number of rotatable bonds is 6. The van der Waals surface area contributed by atoms with E-state index in [4.69, 9.17) is 4.74 Å². The van der Waals surface area contributed by atoms with Crippen molar-refractivity contribution in [3.8, 4) is 0 Å². The first-order chi connectivity index (χ1) is 12.7. The normalized spacial score (nSPS) is 20.2. The van der Waals surface area contributed by atoms with Gasteiger partial charge in [-0.3, -0.25) is 0 Å². The van der Waals surface area contributed by atoms with Crippen LogP contribution in [0.3, 0.4) is 0 Å². The van der Waals surface area contributed by atoms with Gasteiger partial charge in [0.25, 0.3) is 0 Å². The van der Waals surface area contributed by atoms with Crippen LogP contribution in [0.4, 0.5) is 10.5 Å². The molecule has 0 spiro atoms. The average Bonchev–Trinajstić information content (AvgIpc) is 2.60. The summed E-state index contributed by atoms with van der Waals surface area (Å²) in [6.45, 7) is 9.34. The van der Waals surface area contributed by atoms with Crippen molar-refractivity contribution in [1.29, 1.82) is 0 Å². The summed E-state index contributed by atoms with van der Waals surface area (Å²) in [4.78, 5) is 14.6. The Balaban J connectivity index is 1.78. The van der Waals surface area contributed by atoms with Crippen molar-refractivity contribution in [2.75, 3.05) is 25.0 Å². The van der Waals surface area contributed by atoms with Gasteiger partial charge in [-0.05, 0) is 106 Å². The molecule has 1 aliphatic rings. The molecule has 1 saturated carbocycles. The standard InChI is InChI=1S/C21H34IN3O2/c1-6-25(20(26)27-21(2,3)4)23-18-11-7-16(8-12-18)15-24(5)19-13-9-17(22)10-14-19/h9-10,13-14,16,18,23H,6-8,11-12,15H2,1-5H3. The fourth-order valence-corrected chi connectivity index (χ4v) is 3.83. The molecule has 2 rings (SSSR count). The second kappa shape index (κ2) is 9.96. The van der Waals surface area contributed by atoms with E-state index in [1.165, 1.54) is 22.1 Å². The number of hydrogen-bond donors (Lipinski definition) is 1. The lowest BCUT2D eigenvalue weighted by molar-refractivity contribution is 0.00877. The maximum atomic E-state index is 12.3. The highest BCUT2D eigenvalue weighted by molar-refractivity contribution is 14.1. The summed E-state index contributed by atoms with van der Waals surface area (Å²) >= 11 is 2.34. The van der Waals surface area contributed by atoms with Crippen molar-refractivity contribution >= 4 is 34.4 Å². The Morgan fingerprint density at radius 1 is 1.19 bits per heavy atom. The number of carbonyl (C=O) groups excluding carboxylic acids is 1. The van der Waals surface area contributed by atoms with E-state index in [1.54, 1.807) is 5.01 Å². The van der Waals surface area contributed by atoms with Crippen molar-refractivity contribution in [2.24, 2.45) is 5.92 Å². The Morgan fingerprint density at radius 3 is 2.30 bits per heavy atom. The quantitative estimate of drug-likeness (QED) is 0.451. The lowest BCUT2D eigenvalue weighted by Gasteiger charge is -2.35. The number of nitrogens with one attached hydrogen (secondary N) is 1. The summed E-state index contributed by atoms with van der Waals surface area (Å²) in [5.74, 6) is 0.698. The molecule has 5 nitrogen and oxygen atoms in total. The van der Waals surface area contributed by atoms with E-state index in [0.29, 0.717) is 18.5 Å². The molecule has 152 valence electrons. The summed E-state index contributed by atoms with van der Waals surface area (Å²) in [5.41, 5.74) is 4.19. The Hall–Kier alpha value is -1.02. The SMILES string of the molecule is CCN(NC1CCC(CN(C)c2ccc(I)cc2)CC1)C(=O)OC(C)(C)C. The Morgan fingerprint density at radius 2 is 1.78 bits per heavy atom. The predicted octanol–water partition coefficient (Wildman–Crippen LogP) is 5.05. The molecule has 0 unspecified atom stereocenters. The third-order valence-corrected chi connectivity index (χ3v) is 5.63. The molecule has 0 radical (unpaired) electrons. The number of ether oxygens (including phenoxy) is 1. The molecule has 1 aliphatic carbocycles. The van der Waals surface area contributed by atoms with E-state index >= 15 is 0 Å². The van der Waals surface area contributed by atoms with Crippen molar-refractivity contribution in [1.82, 2.24) is 10.4 Å². The van der Waals surface area contributed by atoms with Crippen molar-refractivity contribution < 1.29 is 9.53 Å². The van der Waals surface area contributed by atoms with Gasteiger partial charge < -0.3 is 9.64 Å². The van der Waals surface area contributed by atoms with Crippen LogP contribution in [0.5, 0.6) is 0 Å². The molecule has 0 bridgehead atoms. The second-order valence-electron chi connectivity index (χ2n) is 8.43. The van der Waals surface area contributed by atoms with E-state index < -0.39 is 5.60 Å². The van der Waals surface area contributed by atoms with Gasteiger partial charge in [0.1, 0.15) is 5.60 Å². The molecule has 1 aromatic carbocycles. The summed E-state index contributed by atoms with van der Waals surface area (Å²) in [6.07, 6.45) is 4.25. The Kier molecular flexibility index (Phi) is 8.21. The second-order valence-corrected chi connectivity index (χ2v) is 9.67. The van der Waals surface area contributed by atoms with E-state index in [9.17, 15) is 4.79 Å². The first kappa shape index (κ1) is 22.3. The van der Waals surface area contributed by atoms with Crippen LogP contribution >= 0.6 is 22.6 Å². The minimum absolute atomic E-state index is 0.287. The smallest absolute Gasteiger partial charge is 0.424 e. The highest BCUT2D eigenvalue weighted by Crippen LogP contribution is 2.27. The largest absolute Gasteiger partial charge is 0.443 e. The molecule has 27 heavy (non-hydrogen) atoms. The Labute approximate surface area is 177 Å². The summed E-state index contributed by atoms with van der Waals surface area (Å²) in [7, 11) is 2.17. The van der Waals surface area contributed by atoms with Crippen LogP contribution in [-0.4, -0.2) is 42.9 Å². The van der Waals surface area contributed by atoms with Gasteiger partial charge in [0.05, 0.1) is 0 Å². The van der Waals surface area contributed by atoms with Crippen LogP contribution in [0.15, 0.2) is 24.3 Å². The van der Waals surface area contributed by atoms with Crippen LogP contribution in [0.2, 0.25) is 0 Å². The number of hydrazine groups is 1. The van der Waals surface area contributed by atoms with Crippen LogP contribution in [0, 0.1) is 9.49 Å². The minimum atomic E-state index is -0.468. The number of halogens is 1. The fraction of sp³-hybridized carbons (Fsp3) is 0.667. The first-order valence-electron chi connectivity index (χ1n) is 9.91. The van der Waals surface area contributed by atoms with Gasteiger partial charge >= 0.3 is 6.09 Å². The third-order valence-electron chi connectivity index (χ3n) is 4.91. The Bertz CT molecular complexity index is 592. The van der Waals surface area contributed by atoms with Crippen molar-refractivity contribution in [3.05, 3.63) is 27.8 Å². The molecule has 1 N–H and O–H groups in total. The minimum Gasteiger partial charge on any atom is -0.443 e. The van der Waals surface area contributed by atoms with Gasteiger partial charge in [-0.1, -0.05) is 0 Å². The van der Waals surface area contributed by atoms with Crippen molar-refractivity contribution in [3.63, 3.8) is 0 Å². The molecular formula is C21H34IN3O2. The van der Waals surface area contributed by atoms with Crippen LogP contribution in [0.1, 0.15) is 53.4 Å². The molecule has 6 heteroatoms. The molecule has 1 aromatic rings. The van der Waals surface area contributed by atoms with Gasteiger partial charge in [0.2, 0.25) is 0 Å². The zero-order chi connectivity index (χ0) is 20.0. The zero-order valence-corrected chi connectivity index (χ0v) is 19.5. The van der Waals surface area contributed by atoms with Gasteiger partial charge in [-0.2, -0.15) is 0 Å². The topological polar surface area (TPSA) is 44.8 Å². The molecular weight excluding hydrogens is 453 g/mol.